The highest BCUT2D eigenvalue weighted by Crippen LogP contribution is 2.37. The van der Waals surface area contributed by atoms with Crippen LogP contribution in [0.25, 0.3) is 0 Å². The molecule has 0 saturated carbocycles. The van der Waals surface area contributed by atoms with E-state index in [9.17, 15) is 13.2 Å². The molecule has 1 saturated heterocycles. The molecule has 134 valence electrons. The van der Waals surface area contributed by atoms with Crippen molar-refractivity contribution in [2.45, 2.75) is 44.0 Å². The zero-order valence-corrected chi connectivity index (χ0v) is 15.0. The van der Waals surface area contributed by atoms with Gasteiger partial charge in [0.1, 0.15) is 0 Å². The minimum atomic E-state index is -3.65. The molecule has 0 bridgehead atoms. The molecule has 1 amide bonds. The molecule has 3 rings (SSSR count). The summed E-state index contributed by atoms with van der Waals surface area (Å²) in [7, 11) is -3.65. The van der Waals surface area contributed by atoms with Crippen molar-refractivity contribution in [2.24, 2.45) is 0 Å². The summed E-state index contributed by atoms with van der Waals surface area (Å²) in [5, 5.41) is 6.60. The van der Waals surface area contributed by atoms with Crippen LogP contribution < -0.4 is 5.32 Å². The van der Waals surface area contributed by atoms with Crippen LogP contribution in [-0.4, -0.2) is 30.3 Å². The largest absolute Gasteiger partial charge is 0.359 e. The number of benzene rings is 1. The van der Waals surface area contributed by atoms with E-state index in [1.807, 2.05) is 13.0 Å². The maximum atomic E-state index is 13.0. The number of amides is 1. The summed E-state index contributed by atoms with van der Waals surface area (Å²) in [6, 6.07) is 7.69. The van der Waals surface area contributed by atoms with Gasteiger partial charge in [0.15, 0.2) is 5.76 Å². The minimum absolute atomic E-state index is 0.198. The quantitative estimate of drug-likeness (QED) is 0.882. The fourth-order valence-corrected chi connectivity index (χ4v) is 4.68. The van der Waals surface area contributed by atoms with Crippen molar-refractivity contribution in [3.63, 3.8) is 0 Å². The molecule has 0 spiro atoms. The molecule has 0 aliphatic carbocycles. The van der Waals surface area contributed by atoms with E-state index in [-0.39, 0.29) is 16.8 Å². The van der Waals surface area contributed by atoms with Crippen LogP contribution in [0.1, 0.15) is 44.2 Å². The molecule has 0 unspecified atom stereocenters. The van der Waals surface area contributed by atoms with E-state index in [1.54, 1.807) is 12.1 Å². The number of hydrogen-bond donors (Lipinski definition) is 1. The zero-order chi connectivity index (χ0) is 18.0. The second kappa shape index (κ2) is 6.97. The van der Waals surface area contributed by atoms with Gasteiger partial charge in [0.25, 0.3) is 0 Å². The Morgan fingerprint density at radius 3 is 2.68 bits per heavy atom. The molecule has 2 heterocycles. The number of aromatic nitrogens is 1. The third-order valence-corrected chi connectivity index (χ3v) is 6.18. The van der Waals surface area contributed by atoms with E-state index in [0.29, 0.717) is 24.4 Å². The Kier molecular flexibility index (Phi) is 4.91. The Bertz CT molecular complexity index is 858. The highest BCUT2D eigenvalue weighted by atomic mass is 32.2. The predicted molar refractivity (Wildman–Crippen MR) is 92.5 cm³/mol. The normalized spacial score (nSPS) is 18.4. The summed E-state index contributed by atoms with van der Waals surface area (Å²) in [5.41, 5.74) is 1.38. The van der Waals surface area contributed by atoms with Crippen LogP contribution in [0.2, 0.25) is 0 Å². The lowest BCUT2D eigenvalue weighted by molar-refractivity contribution is -0.114. The number of anilines is 1. The second-order valence-corrected chi connectivity index (χ2v) is 7.94. The van der Waals surface area contributed by atoms with Crippen molar-refractivity contribution in [1.29, 1.82) is 0 Å². The van der Waals surface area contributed by atoms with Crippen LogP contribution in [0.4, 0.5) is 5.69 Å². The highest BCUT2D eigenvalue weighted by Gasteiger charge is 2.38. The molecule has 1 N–H and O–H groups in total. The first kappa shape index (κ1) is 17.6. The first-order valence-corrected chi connectivity index (χ1v) is 9.71. The molecule has 25 heavy (non-hydrogen) atoms. The second-order valence-electron chi connectivity index (χ2n) is 6.05. The van der Waals surface area contributed by atoms with Gasteiger partial charge in [0.05, 0.1) is 16.6 Å². The average Bonchev–Trinajstić information content (AvgIpc) is 3.23. The lowest BCUT2D eigenvalue weighted by Gasteiger charge is -2.22. The number of carbonyl (C=O) groups is 1. The van der Waals surface area contributed by atoms with E-state index in [0.717, 1.165) is 18.5 Å². The van der Waals surface area contributed by atoms with E-state index in [4.69, 9.17) is 4.52 Å². The van der Waals surface area contributed by atoms with Crippen LogP contribution in [0, 0.1) is 0 Å². The SMILES string of the molecule is CCc1cc([C@@H]2CCCN2S(=O)(=O)c2ccc(NC(C)=O)cc2)on1. The van der Waals surface area contributed by atoms with Crippen molar-refractivity contribution >= 4 is 21.6 Å². The Labute approximate surface area is 147 Å². The van der Waals surface area contributed by atoms with Gasteiger partial charge in [-0.3, -0.25) is 4.79 Å². The maximum Gasteiger partial charge on any atom is 0.243 e. The van der Waals surface area contributed by atoms with E-state index >= 15 is 0 Å². The van der Waals surface area contributed by atoms with Crippen molar-refractivity contribution in [3.05, 3.63) is 41.8 Å². The fraction of sp³-hybridized carbons (Fsp3) is 0.412. The van der Waals surface area contributed by atoms with Crippen LogP contribution in [-0.2, 0) is 21.2 Å². The van der Waals surface area contributed by atoms with E-state index in [2.05, 4.69) is 10.5 Å². The van der Waals surface area contributed by atoms with Crippen molar-refractivity contribution in [1.82, 2.24) is 9.46 Å². The molecular weight excluding hydrogens is 342 g/mol. The number of sulfonamides is 1. The number of nitrogens with zero attached hydrogens (tertiary/aromatic N) is 2. The van der Waals surface area contributed by atoms with Gasteiger partial charge in [-0.1, -0.05) is 12.1 Å². The van der Waals surface area contributed by atoms with Crippen molar-refractivity contribution in [2.75, 3.05) is 11.9 Å². The molecule has 1 fully saturated rings. The van der Waals surface area contributed by atoms with Gasteiger partial charge < -0.3 is 9.84 Å². The Balaban J connectivity index is 1.86. The number of hydrogen-bond acceptors (Lipinski definition) is 5. The zero-order valence-electron chi connectivity index (χ0n) is 14.2. The summed E-state index contributed by atoms with van der Waals surface area (Å²) in [4.78, 5) is 11.3. The number of rotatable bonds is 5. The molecule has 8 heteroatoms. The third-order valence-electron chi connectivity index (χ3n) is 4.25. The number of nitrogens with one attached hydrogen (secondary N) is 1. The Morgan fingerprint density at radius 1 is 1.36 bits per heavy atom. The molecule has 1 atom stereocenters. The van der Waals surface area contributed by atoms with Crippen molar-refractivity contribution < 1.29 is 17.7 Å². The summed E-state index contributed by atoms with van der Waals surface area (Å²) in [6.07, 6.45) is 2.23. The first-order valence-electron chi connectivity index (χ1n) is 8.27. The average molecular weight is 363 g/mol. The van der Waals surface area contributed by atoms with Crippen LogP contribution in [0.3, 0.4) is 0 Å². The van der Waals surface area contributed by atoms with Crippen LogP contribution in [0.15, 0.2) is 39.8 Å². The topological polar surface area (TPSA) is 92.5 Å². The monoisotopic (exact) mass is 363 g/mol. The third kappa shape index (κ3) is 3.59. The molecule has 0 radical (unpaired) electrons. The maximum absolute atomic E-state index is 13.0. The van der Waals surface area contributed by atoms with Gasteiger partial charge in [0, 0.05) is 25.2 Å². The van der Waals surface area contributed by atoms with Crippen LogP contribution >= 0.6 is 0 Å². The molecule has 1 aromatic heterocycles. The van der Waals surface area contributed by atoms with Gasteiger partial charge in [0.2, 0.25) is 15.9 Å². The molecule has 1 aliphatic rings. The Hall–Kier alpha value is -2.19. The van der Waals surface area contributed by atoms with Gasteiger partial charge in [-0.15, -0.1) is 0 Å². The predicted octanol–water partition coefficient (Wildman–Crippen LogP) is 2.72. The summed E-state index contributed by atoms with van der Waals surface area (Å²) in [6.45, 7) is 3.82. The molecule has 1 aliphatic heterocycles. The van der Waals surface area contributed by atoms with Gasteiger partial charge in [-0.25, -0.2) is 8.42 Å². The highest BCUT2D eigenvalue weighted by molar-refractivity contribution is 7.89. The number of carbonyl (C=O) groups excluding carboxylic acids is 1. The standard InChI is InChI=1S/C17H21N3O4S/c1-3-13-11-17(24-19-13)16-5-4-10-20(16)25(22,23)15-8-6-14(7-9-15)18-12(2)21/h6-9,11,16H,3-5,10H2,1-2H3,(H,18,21)/t16-/m0/s1. The summed E-state index contributed by atoms with van der Waals surface area (Å²) in [5.74, 6) is 0.389. The molecule has 7 nitrogen and oxygen atoms in total. The fourth-order valence-electron chi connectivity index (χ4n) is 3.01. The van der Waals surface area contributed by atoms with E-state index in [1.165, 1.54) is 23.4 Å². The lowest BCUT2D eigenvalue weighted by Crippen LogP contribution is -2.30. The van der Waals surface area contributed by atoms with Gasteiger partial charge in [-0.05, 0) is 43.5 Å². The minimum Gasteiger partial charge on any atom is -0.359 e. The number of aryl methyl sites for hydroxylation is 1. The lowest BCUT2D eigenvalue weighted by atomic mass is 10.1. The van der Waals surface area contributed by atoms with Gasteiger partial charge >= 0.3 is 0 Å². The van der Waals surface area contributed by atoms with Crippen molar-refractivity contribution in [3.8, 4) is 0 Å². The Morgan fingerprint density at radius 2 is 2.08 bits per heavy atom. The smallest absolute Gasteiger partial charge is 0.243 e. The van der Waals surface area contributed by atoms with Gasteiger partial charge in [-0.2, -0.15) is 4.31 Å². The summed E-state index contributed by atoms with van der Waals surface area (Å²) < 4.78 is 32.8. The van der Waals surface area contributed by atoms with E-state index < -0.39 is 10.0 Å². The first-order chi connectivity index (χ1) is 11.9. The molecule has 1 aromatic carbocycles. The molecule has 2 aromatic rings. The van der Waals surface area contributed by atoms with Crippen LogP contribution in [0.5, 0.6) is 0 Å². The molecular formula is C17H21N3O4S. The summed E-state index contributed by atoms with van der Waals surface area (Å²) >= 11 is 0.